The molecule has 0 radical (unpaired) electrons. The minimum absolute atomic E-state index is 0.184. The normalized spacial score (nSPS) is 19.5. The van der Waals surface area contributed by atoms with E-state index in [1.54, 1.807) is 0 Å². The van der Waals surface area contributed by atoms with Gasteiger partial charge in [0.2, 0.25) is 0 Å². The Morgan fingerprint density at radius 3 is 2.65 bits per heavy atom. The van der Waals surface area contributed by atoms with Crippen LogP contribution in [0.5, 0.6) is 0 Å². The van der Waals surface area contributed by atoms with E-state index in [4.69, 9.17) is 4.74 Å². The van der Waals surface area contributed by atoms with Gasteiger partial charge in [0.15, 0.2) is 0 Å². The fraction of sp³-hybridized carbons (Fsp3) is 0.263. The maximum atomic E-state index is 12.2. The van der Waals surface area contributed by atoms with Crippen molar-refractivity contribution in [2.45, 2.75) is 31.4 Å². The van der Waals surface area contributed by atoms with Gasteiger partial charge >= 0.3 is 6.09 Å². The largest absolute Gasteiger partial charge is 0.445 e. The van der Waals surface area contributed by atoms with Crippen molar-refractivity contribution in [2.75, 3.05) is 0 Å². The first-order chi connectivity index (χ1) is 11.2. The number of hydrogen-bond donors (Lipinski definition) is 1. The van der Waals surface area contributed by atoms with Crippen LogP contribution in [0.4, 0.5) is 4.79 Å². The molecule has 2 aromatic rings. The average Bonchev–Trinajstić information content (AvgIpc) is 2.61. The summed E-state index contributed by atoms with van der Waals surface area (Å²) >= 11 is 0. The summed E-state index contributed by atoms with van der Waals surface area (Å²) in [5, 5.41) is 2.78. The highest BCUT2D eigenvalue weighted by Gasteiger charge is 2.38. The number of benzene rings is 2. The molecule has 1 aliphatic rings. The number of fused-ring (bicyclic) bond motifs is 1. The topological polar surface area (TPSA) is 55.4 Å². The zero-order valence-electron chi connectivity index (χ0n) is 12.8. The zero-order valence-corrected chi connectivity index (χ0v) is 12.8. The number of rotatable bonds is 4. The van der Waals surface area contributed by atoms with Crippen molar-refractivity contribution < 1.29 is 14.3 Å². The highest BCUT2D eigenvalue weighted by atomic mass is 16.5. The van der Waals surface area contributed by atoms with Gasteiger partial charge < -0.3 is 14.8 Å². The van der Waals surface area contributed by atoms with Crippen LogP contribution in [0, 0.1) is 0 Å². The summed E-state index contributed by atoms with van der Waals surface area (Å²) in [6, 6.07) is 17.2. The first-order valence-electron chi connectivity index (χ1n) is 7.77. The van der Waals surface area contributed by atoms with Gasteiger partial charge in [-0.05, 0) is 36.0 Å². The SMILES string of the molecule is O=CC1(NC(=O)OCc2ccccc2)CCCc2ccccc21. The standard InChI is InChI=1S/C19H19NO3/c21-14-19(12-6-10-16-9-4-5-11-17(16)19)20-18(22)23-13-15-7-2-1-3-8-15/h1-5,7-9,11,14H,6,10,12-13H2,(H,20,22). The van der Waals surface area contributed by atoms with Crippen molar-refractivity contribution in [1.82, 2.24) is 5.32 Å². The summed E-state index contributed by atoms with van der Waals surface area (Å²) < 4.78 is 5.26. The predicted molar refractivity (Wildman–Crippen MR) is 86.9 cm³/mol. The highest BCUT2D eigenvalue weighted by Crippen LogP contribution is 2.33. The first kappa shape index (κ1) is 15.3. The van der Waals surface area contributed by atoms with Gasteiger partial charge in [-0.15, -0.1) is 0 Å². The van der Waals surface area contributed by atoms with Crippen LogP contribution in [-0.4, -0.2) is 12.4 Å². The Balaban J connectivity index is 1.72. The molecule has 0 aromatic heterocycles. The van der Waals surface area contributed by atoms with E-state index in [2.05, 4.69) is 5.32 Å². The molecule has 4 heteroatoms. The molecule has 4 nitrogen and oxygen atoms in total. The van der Waals surface area contributed by atoms with Crippen LogP contribution in [0.3, 0.4) is 0 Å². The van der Waals surface area contributed by atoms with Crippen LogP contribution in [0.2, 0.25) is 0 Å². The molecule has 0 bridgehead atoms. The summed E-state index contributed by atoms with van der Waals surface area (Å²) in [4.78, 5) is 24.0. The fourth-order valence-electron chi connectivity index (χ4n) is 3.09. The number of hydrogen-bond acceptors (Lipinski definition) is 3. The molecule has 2 aromatic carbocycles. The molecule has 1 amide bonds. The summed E-state index contributed by atoms with van der Waals surface area (Å²) in [7, 11) is 0. The molecule has 118 valence electrons. The highest BCUT2D eigenvalue weighted by molar-refractivity contribution is 5.79. The molecule has 0 fully saturated rings. The molecule has 3 rings (SSSR count). The van der Waals surface area contributed by atoms with Gasteiger partial charge in [0.25, 0.3) is 0 Å². The lowest BCUT2D eigenvalue weighted by molar-refractivity contribution is -0.114. The number of alkyl carbamates (subject to hydrolysis) is 1. The van der Waals surface area contributed by atoms with Gasteiger partial charge in [-0.25, -0.2) is 4.79 Å². The Labute approximate surface area is 135 Å². The van der Waals surface area contributed by atoms with Crippen molar-refractivity contribution in [2.24, 2.45) is 0 Å². The molecule has 1 unspecified atom stereocenters. The average molecular weight is 309 g/mol. The Bertz CT molecular complexity index is 699. The quantitative estimate of drug-likeness (QED) is 0.881. The van der Waals surface area contributed by atoms with Crippen LogP contribution in [-0.2, 0) is 28.1 Å². The number of ether oxygens (including phenoxy) is 1. The van der Waals surface area contributed by atoms with Gasteiger partial charge in [-0.3, -0.25) is 0 Å². The lowest BCUT2D eigenvalue weighted by Gasteiger charge is -2.34. The van der Waals surface area contributed by atoms with Gasteiger partial charge in [0.05, 0.1) is 0 Å². The van der Waals surface area contributed by atoms with Crippen LogP contribution in [0.25, 0.3) is 0 Å². The molecule has 0 heterocycles. The van der Waals surface area contributed by atoms with E-state index in [1.807, 2.05) is 54.6 Å². The molecule has 0 saturated carbocycles. The van der Waals surface area contributed by atoms with Crippen LogP contribution in [0.1, 0.15) is 29.5 Å². The predicted octanol–water partition coefficient (Wildman–Crippen LogP) is 3.34. The third-order valence-corrected chi connectivity index (χ3v) is 4.25. The Morgan fingerprint density at radius 2 is 1.87 bits per heavy atom. The van der Waals surface area contributed by atoms with E-state index < -0.39 is 11.6 Å². The van der Waals surface area contributed by atoms with Crippen LogP contribution >= 0.6 is 0 Å². The lowest BCUT2D eigenvalue weighted by Crippen LogP contribution is -2.49. The molecule has 1 atom stereocenters. The molecule has 1 aliphatic carbocycles. The van der Waals surface area contributed by atoms with E-state index >= 15 is 0 Å². The molecule has 0 spiro atoms. The Hall–Kier alpha value is -2.62. The summed E-state index contributed by atoms with van der Waals surface area (Å²) in [6.45, 7) is 0.184. The Morgan fingerprint density at radius 1 is 1.13 bits per heavy atom. The van der Waals surface area contributed by atoms with Crippen molar-refractivity contribution >= 4 is 12.4 Å². The smallest absolute Gasteiger partial charge is 0.408 e. The first-order valence-corrected chi connectivity index (χ1v) is 7.77. The third-order valence-electron chi connectivity index (χ3n) is 4.25. The number of carbonyl (C=O) groups excluding carboxylic acids is 2. The Kier molecular flexibility index (Phi) is 4.42. The van der Waals surface area contributed by atoms with Crippen molar-refractivity contribution in [1.29, 1.82) is 0 Å². The number of aryl methyl sites for hydroxylation is 1. The van der Waals surface area contributed by atoms with Crippen LogP contribution in [0.15, 0.2) is 54.6 Å². The van der Waals surface area contributed by atoms with E-state index in [9.17, 15) is 9.59 Å². The van der Waals surface area contributed by atoms with Crippen molar-refractivity contribution in [3.8, 4) is 0 Å². The lowest BCUT2D eigenvalue weighted by atomic mass is 9.77. The molecule has 0 aliphatic heterocycles. The molecular formula is C19H19NO3. The molecule has 1 N–H and O–H groups in total. The molecular weight excluding hydrogens is 290 g/mol. The van der Waals surface area contributed by atoms with E-state index in [0.717, 1.165) is 35.8 Å². The van der Waals surface area contributed by atoms with Gasteiger partial charge in [0.1, 0.15) is 18.4 Å². The minimum Gasteiger partial charge on any atom is -0.445 e. The van der Waals surface area contributed by atoms with E-state index in [1.165, 1.54) is 0 Å². The zero-order chi connectivity index (χ0) is 16.1. The van der Waals surface area contributed by atoms with E-state index in [-0.39, 0.29) is 6.61 Å². The molecule has 23 heavy (non-hydrogen) atoms. The number of amides is 1. The minimum atomic E-state index is -0.984. The van der Waals surface area contributed by atoms with Gasteiger partial charge in [-0.2, -0.15) is 0 Å². The second-order valence-electron chi connectivity index (χ2n) is 5.79. The summed E-state index contributed by atoms with van der Waals surface area (Å²) in [5.74, 6) is 0. The van der Waals surface area contributed by atoms with Crippen molar-refractivity contribution in [3.63, 3.8) is 0 Å². The third kappa shape index (κ3) is 3.26. The second kappa shape index (κ2) is 6.65. The van der Waals surface area contributed by atoms with Crippen LogP contribution < -0.4 is 5.32 Å². The maximum absolute atomic E-state index is 12.2. The maximum Gasteiger partial charge on any atom is 0.408 e. The summed E-state index contributed by atoms with van der Waals surface area (Å²) in [6.07, 6.45) is 2.63. The second-order valence-corrected chi connectivity index (χ2v) is 5.79. The monoisotopic (exact) mass is 309 g/mol. The van der Waals surface area contributed by atoms with Gasteiger partial charge in [0, 0.05) is 0 Å². The van der Waals surface area contributed by atoms with E-state index in [0.29, 0.717) is 6.42 Å². The summed E-state index contributed by atoms with van der Waals surface area (Å²) in [5.41, 5.74) is 1.90. The van der Waals surface area contributed by atoms with Gasteiger partial charge in [-0.1, -0.05) is 54.6 Å². The molecule has 0 saturated heterocycles. The number of nitrogens with one attached hydrogen (secondary N) is 1. The number of carbonyl (C=O) groups is 2. The fourth-order valence-corrected chi connectivity index (χ4v) is 3.09. The number of aldehydes is 1. The van der Waals surface area contributed by atoms with Crippen molar-refractivity contribution in [3.05, 3.63) is 71.3 Å².